The molecule has 0 N–H and O–H groups in total. The fourth-order valence-corrected chi connectivity index (χ4v) is 2.72. The van der Waals surface area contributed by atoms with E-state index in [0.29, 0.717) is 17.6 Å². The van der Waals surface area contributed by atoms with Gasteiger partial charge in [0.05, 0.1) is 27.2 Å². The molecular weight excluding hydrogens is 300 g/mol. The Bertz CT molecular complexity index is 304. The lowest BCUT2D eigenvalue weighted by atomic mass is 10.1. The molecule has 0 spiro atoms. The molecular formula is C20H43N2O2+. The van der Waals surface area contributed by atoms with E-state index >= 15 is 0 Å². The Labute approximate surface area is 151 Å². The van der Waals surface area contributed by atoms with Gasteiger partial charge in [-0.2, -0.15) is 0 Å². The quantitative estimate of drug-likeness (QED) is 0.240. The summed E-state index contributed by atoms with van der Waals surface area (Å²) in [5.41, 5.74) is 0. The number of hydrogen-bond donors (Lipinski definition) is 0. The van der Waals surface area contributed by atoms with E-state index in [9.17, 15) is 4.79 Å². The highest BCUT2D eigenvalue weighted by Crippen LogP contribution is 2.10. The molecule has 0 amide bonds. The van der Waals surface area contributed by atoms with Crippen molar-refractivity contribution in [3.05, 3.63) is 0 Å². The van der Waals surface area contributed by atoms with Gasteiger partial charge in [0, 0.05) is 6.54 Å². The number of carbonyl (C=O) groups is 1. The summed E-state index contributed by atoms with van der Waals surface area (Å²) >= 11 is 0. The minimum atomic E-state index is -0.0605. The van der Waals surface area contributed by atoms with Crippen LogP contribution in [0.2, 0.25) is 0 Å². The number of rotatable bonds is 16. The molecule has 0 aliphatic carbocycles. The summed E-state index contributed by atoms with van der Waals surface area (Å²) in [6.07, 6.45) is 13.0. The zero-order chi connectivity index (χ0) is 18.3. The number of hydrogen-bond acceptors (Lipinski definition) is 3. The van der Waals surface area contributed by atoms with E-state index < -0.39 is 0 Å². The van der Waals surface area contributed by atoms with E-state index in [0.717, 1.165) is 19.5 Å². The van der Waals surface area contributed by atoms with Gasteiger partial charge >= 0.3 is 5.97 Å². The highest BCUT2D eigenvalue weighted by molar-refractivity contribution is 5.70. The van der Waals surface area contributed by atoms with Crippen molar-refractivity contribution >= 4 is 5.97 Å². The minimum Gasteiger partial charge on any atom is -0.462 e. The Morgan fingerprint density at radius 1 is 0.875 bits per heavy atom. The van der Waals surface area contributed by atoms with E-state index in [2.05, 4.69) is 40.0 Å². The third kappa shape index (κ3) is 16.3. The smallest absolute Gasteiger partial charge is 0.361 e. The monoisotopic (exact) mass is 343 g/mol. The SMILES string of the molecule is CCCCCCCCCCCCOC(=O)C[N+](C)(C)CCN(C)C. The summed E-state index contributed by atoms with van der Waals surface area (Å²) in [4.78, 5) is 14.1. The molecule has 4 nitrogen and oxygen atoms in total. The number of ether oxygens (including phenoxy) is 1. The maximum absolute atomic E-state index is 11.9. The number of quaternary nitrogens is 1. The molecule has 0 aromatic rings. The molecule has 24 heavy (non-hydrogen) atoms. The Morgan fingerprint density at radius 3 is 1.88 bits per heavy atom. The van der Waals surface area contributed by atoms with Crippen LogP contribution in [0.1, 0.15) is 71.1 Å². The topological polar surface area (TPSA) is 29.5 Å². The molecule has 0 aromatic carbocycles. The average Bonchev–Trinajstić information content (AvgIpc) is 2.50. The first kappa shape index (κ1) is 23.4. The molecule has 144 valence electrons. The first-order valence-electron chi connectivity index (χ1n) is 10.00. The predicted octanol–water partition coefficient (Wildman–Crippen LogP) is 4.09. The molecule has 0 unspecified atom stereocenters. The van der Waals surface area contributed by atoms with Gasteiger partial charge in [0.1, 0.15) is 0 Å². The van der Waals surface area contributed by atoms with Crippen molar-refractivity contribution in [1.29, 1.82) is 0 Å². The molecule has 0 radical (unpaired) electrons. The number of carbonyl (C=O) groups excluding carboxylic acids is 1. The molecule has 0 atom stereocenters. The summed E-state index contributed by atoms with van der Waals surface area (Å²) in [6, 6.07) is 0. The molecule has 0 saturated carbocycles. The average molecular weight is 344 g/mol. The van der Waals surface area contributed by atoms with Crippen LogP contribution in [0.4, 0.5) is 0 Å². The number of unbranched alkanes of at least 4 members (excludes halogenated alkanes) is 9. The third-order valence-corrected chi connectivity index (χ3v) is 4.47. The summed E-state index contributed by atoms with van der Waals surface area (Å²) in [5, 5.41) is 0. The molecule has 0 fully saturated rings. The second-order valence-electron chi connectivity index (χ2n) is 8.02. The fourth-order valence-electron chi connectivity index (χ4n) is 2.72. The van der Waals surface area contributed by atoms with E-state index in [1.54, 1.807) is 0 Å². The van der Waals surface area contributed by atoms with Crippen molar-refractivity contribution in [1.82, 2.24) is 4.90 Å². The van der Waals surface area contributed by atoms with Crippen molar-refractivity contribution in [2.45, 2.75) is 71.1 Å². The van der Waals surface area contributed by atoms with Gasteiger partial charge < -0.3 is 14.1 Å². The van der Waals surface area contributed by atoms with Gasteiger partial charge in [-0.1, -0.05) is 64.7 Å². The zero-order valence-corrected chi connectivity index (χ0v) is 17.1. The van der Waals surface area contributed by atoms with Crippen LogP contribution in [-0.2, 0) is 9.53 Å². The lowest BCUT2D eigenvalue weighted by Gasteiger charge is -2.29. The van der Waals surface area contributed by atoms with Crippen LogP contribution >= 0.6 is 0 Å². The van der Waals surface area contributed by atoms with Crippen molar-refractivity contribution < 1.29 is 14.0 Å². The van der Waals surface area contributed by atoms with Crippen LogP contribution in [0.15, 0.2) is 0 Å². The molecule has 0 rings (SSSR count). The maximum Gasteiger partial charge on any atom is 0.361 e. The zero-order valence-electron chi connectivity index (χ0n) is 17.1. The van der Waals surface area contributed by atoms with Gasteiger partial charge in [-0.25, -0.2) is 4.79 Å². The first-order valence-corrected chi connectivity index (χ1v) is 10.00. The van der Waals surface area contributed by atoms with Crippen LogP contribution in [0.3, 0.4) is 0 Å². The normalized spacial score (nSPS) is 11.9. The van der Waals surface area contributed by atoms with Gasteiger partial charge in [-0.3, -0.25) is 0 Å². The molecule has 0 heterocycles. The molecule has 0 bridgehead atoms. The lowest BCUT2D eigenvalue weighted by molar-refractivity contribution is -0.882. The fraction of sp³-hybridized carbons (Fsp3) is 0.950. The predicted molar refractivity (Wildman–Crippen MR) is 103 cm³/mol. The van der Waals surface area contributed by atoms with Crippen molar-refractivity contribution in [2.75, 3.05) is 54.4 Å². The largest absolute Gasteiger partial charge is 0.462 e. The second-order valence-corrected chi connectivity index (χ2v) is 8.02. The van der Waals surface area contributed by atoms with Crippen LogP contribution in [0, 0.1) is 0 Å². The van der Waals surface area contributed by atoms with Crippen LogP contribution in [0.25, 0.3) is 0 Å². The molecule has 4 heteroatoms. The number of esters is 1. The maximum atomic E-state index is 11.9. The van der Waals surface area contributed by atoms with Crippen molar-refractivity contribution in [3.8, 4) is 0 Å². The summed E-state index contributed by atoms with van der Waals surface area (Å²) < 4.78 is 6.08. The molecule has 0 aliphatic rings. The Morgan fingerprint density at radius 2 is 1.38 bits per heavy atom. The lowest BCUT2D eigenvalue weighted by Crippen LogP contribution is -2.48. The molecule has 0 aliphatic heterocycles. The number of likely N-dealkylation sites (N-methyl/N-ethyl adjacent to an activating group) is 2. The van der Waals surface area contributed by atoms with E-state index in [1.165, 1.54) is 57.8 Å². The van der Waals surface area contributed by atoms with Gasteiger partial charge in [-0.15, -0.1) is 0 Å². The minimum absolute atomic E-state index is 0.0605. The highest BCUT2D eigenvalue weighted by atomic mass is 16.5. The summed E-state index contributed by atoms with van der Waals surface area (Å²) in [6.45, 7) is 5.25. The Kier molecular flexibility index (Phi) is 14.3. The van der Waals surface area contributed by atoms with E-state index in [-0.39, 0.29) is 5.97 Å². The summed E-state index contributed by atoms with van der Waals surface area (Å²) in [7, 11) is 8.30. The highest BCUT2D eigenvalue weighted by Gasteiger charge is 2.20. The van der Waals surface area contributed by atoms with Crippen molar-refractivity contribution in [2.24, 2.45) is 0 Å². The molecule has 0 aromatic heterocycles. The van der Waals surface area contributed by atoms with Gasteiger partial charge in [0.15, 0.2) is 6.54 Å². The third-order valence-electron chi connectivity index (χ3n) is 4.47. The summed E-state index contributed by atoms with van der Waals surface area (Å²) in [5.74, 6) is -0.0605. The van der Waals surface area contributed by atoms with Crippen LogP contribution in [0.5, 0.6) is 0 Å². The number of nitrogens with zero attached hydrogens (tertiary/aromatic N) is 2. The first-order chi connectivity index (χ1) is 11.4. The molecule has 0 saturated heterocycles. The Balaban J connectivity index is 3.46. The second kappa shape index (κ2) is 14.7. The van der Waals surface area contributed by atoms with Crippen molar-refractivity contribution in [3.63, 3.8) is 0 Å². The standard InChI is InChI=1S/C20H43N2O2/c1-6-7-8-9-10-11-12-13-14-15-18-24-20(23)19-22(4,5)17-16-21(2)3/h6-19H2,1-5H3/q+1. The van der Waals surface area contributed by atoms with Gasteiger partial charge in [0.25, 0.3) is 0 Å². The van der Waals surface area contributed by atoms with E-state index in [1.807, 2.05) is 0 Å². The van der Waals surface area contributed by atoms with Gasteiger partial charge in [0.2, 0.25) is 0 Å². The van der Waals surface area contributed by atoms with Crippen LogP contribution < -0.4 is 0 Å². The Hall–Kier alpha value is -0.610. The van der Waals surface area contributed by atoms with E-state index in [4.69, 9.17) is 4.74 Å². The van der Waals surface area contributed by atoms with Gasteiger partial charge in [-0.05, 0) is 20.5 Å². The van der Waals surface area contributed by atoms with Crippen LogP contribution in [-0.4, -0.2) is 69.8 Å².